The molecule has 9 N–H and O–H groups in total. The largest absolute Gasteiger partial charge is 0.508 e. The summed E-state index contributed by atoms with van der Waals surface area (Å²) in [6, 6.07) is 9.90. The van der Waals surface area contributed by atoms with Gasteiger partial charge in [-0.1, -0.05) is 18.2 Å². The molecule has 212 valence electrons. The number of esters is 1. The molecule has 5 atom stereocenters. The highest BCUT2D eigenvalue weighted by Gasteiger charge is 2.45. The minimum atomic E-state index is -1.78. The van der Waals surface area contributed by atoms with Gasteiger partial charge in [-0.05, 0) is 47.5 Å². The quantitative estimate of drug-likeness (QED) is 0.113. The van der Waals surface area contributed by atoms with Crippen LogP contribution in [0.3, 0.4) is 0 Å². The van der Waals surface area contributed by atoms with Crippen molar-refractivity contribution in [2.45, 2.75) is 30.7 Å². The third-order valence-corrected chi connectivity index (χ3v) is 5.97. The maximum absolute atomic E-state index is 12.3. The van der Waals surface area contributed by atoms with Crippen molar-refractivity contribution in [3.8, 4) is 40.2 Å². The molecule has 1 saturated heterocycles. The van der Waals surface area contributed by atoms with Gasteiger partial charge in [-0.25, -0.2) is 4.79 Å². The van der Waals surface area contributed by atoms with E-state index in [1.54, 1.807) is 12.2 Å². The molecule has 1 heterocycles. The number of aromatic hydroxyl groups is 6. The van der Waals surface area contributed by atoms with E-state index in [-0.39, 0.29) is 28.6 Å². The van der Waals surface area contributed by atoms with E-state index in [9.17, 15) is 50.8 Å². The van der Waals surface area contributed by atoms with Gasteiger partial charge in [-0.2, -0.15) is 0 Å². The first-order chi connectivity index (χ1) is 18.9. The zero-order valence-corrected chi connectivity index (χ0v) is 20.5. The van der Waals surface area contributed by atoms with Crippen molar-refractivity contribution in [3.05, 3.63) is 65.2 Å². The number of carbonyl (C=O) groups excluding carboxylic acids is 1. The third-order valence-electron chi connectivity index (χ3n) is 5.97. The number of phenols is 6. The molecule has 4 rings (SSSR count). The van der Waals surface area contributed by atoms with Gasteiger partial charge in [0.1, 0.15) is 42.5 Å². The van der Waals surface area contributed by atoms with E-state index >= 15 is 0 Å². The van der Waals surface area contributed by atoms with Gasteiger partial charge < -0.3 is 60.2 Å². The van der Waals surface area contributed by atoms with Gasteiger partial charge >= 0.3 is 5.97 Å². The van der Waals surface area contributed by atoms with Gasteiger partial charge in [0, 0.05) is 6.07 Å². The summed E-state index contributed by atoms with van der Waals surface area (Å²) < 4.78 is 16.0. The molecule has 0 radical (unpaired) electrons. The normalized spacial score (nSPS) is 22.7. The third kappa shape index (κ3) is 6.30. The molecule has 3 aromatic carbocycles. The first-order valence-corrected chi connectivity index (χ1v) is 11.8. The van der Waals surface area contributed by atoms with E-state index in [1.165, 1.54) is 36.4 Å². The predicted octanol–water partition coefficient (Wildman–Crippen LogP) is 1.13. The molecule has 0 aromatic heterocycles. The summed E-state index contributed by atoms with van der Waals surface area (Å²) in [5.74, 6) is -4.21. The van der Waals surface area contributed by atoms with E-state index in [0.717, 1.165) is 12.1 Å². The average Bonchev–Trinajstić information content (AvgIpc) is 2.90. The monoisotopic (exact) mass is 558 g/mol. The van der Waals surface area contributed by atoms with Crippen molar-refractivity contribution in [1.29, 1.82) is 0 Å². The summed E-state index contributed by atoms with van der Waals surface area (Å²) in [5, 5.41) is 89.0. The fourth-order valence-corrected chi connectivity index (χ4v) is 3.88. The maximum atomic E-state index is 12.3. The second kappa shape index (κ2) is 11.6. The number of aliphatic hydroxyl groups is 3. The average molecular weight is 558 g/mol. The van der Waals surface area contributed by atoms with Gasteiger partial charge in [-0.15, -0.1) is 0 Å². The van der Waals surface area contributed by atoms with Crippen molar-refractivity contribution < 1.29 is 65.0 Å². The van der Waals surface area contributed by atoms with E-state index in [1.807, 2.05) is 0 Å². The second-order valence-corrected chi connectivity index (χ2v) is 8.94. The van der Waals surface area contributed by atoms with E-state index in [2.05, 4.69) is 0 Å². The van der Waals surface area contributed by atoms with Crippen LogP contribution in [0.2, 0.25) is 0 Å². The molecule has 0 unspecified atom stereocenters. The van der Waals surface area contributed by atoms with Gasteiger partial charge in [0.2, 0.25) is 6.29 Å². The topological polar surface area (TPSA) is 227 Å². The number of phenolic OH excluding ortho intramolecular Hbond substituents is 6. The molecule has 1 aliphatic rings. The van der Waals surface area contributed by atoms with Crippen LogP contribution in [-0.4, -0.2) is 89.2 Å². The number of ether oxygens (including phenoxy) is 3. The summed E-state index contributed by atoms with van der Waals surface area (Å²) >= 11 is 0. The SMILES string of the molecule is O=C(OC[C@H]1O[C@@H](Oc2ccc(/C=C/c3cc(O)cc(O)c3)cc2O)[C@H](O)[C@@H](O)[C@@H]1O)c1cc(O)c(O)c(O)c1. The van der Waals surface area contributed by atoms with Gasteiger partial charge in [0.15, 0.2) is 28.7 Å². The minimum absolute atomic E-state index is 0.128. The zero-order chi connectivity index (χ0) is 29.1. The molecule has 13 heteroatoms. The van der Waals surface area contributed by atoms with Crippen molar-refractivity contribution in [2.24, 2.45) is 0 Å². The van der Waals surface area contributed by atoms with Crippen LogP contribution in [0.4, 0.5) is 0 Å². The minimum Gasteiger partial charge on any atom is -0.508 e. The highest BCUT2D eigenvalue weighted by Crippen LogP contribution is 2.36. The molecule has 40 heavy (non-hydrogen) atoms. The van der Waals surface area contributed by atoms with Crippen LogP contribution in [0, 0.1) is 0 Å². The smallest absolute Gasteiger partial charge is 0.338 e. The number of rotatable bonds is 7. The van der Waals surface area contributed by atoms with E-state index in [4.69, 9.17) is 14.2 Å². The van der Waals surface area contributed by atoms with Crippen LogP contribution in [0.25, 0.3) is 12.2 Å². The fourth-order valence-electron chi connectivity index (χ4n) is 3.88. The van der Waals surface area contributed by atoms with Gasteiger partial charge in [-0.3, -0.25) is 0 Å². The Morgan fingerprint density at radius 3 is 2.00 bits per heavy atom. The number of aliphatic hydroxyl groups excluding tert-OH is 3. The van der Waals surface area contributed by atoms with Crippen LogP contribution in [-0.2, 0) is 9.47 Å². The standard InChI is InChI=1S/C27H26O13/c28-15-5-13(6-16(29)10-15)2-1-12-3-4-20(17(30)7-12)39-27-25(36)24(35)23(34)21(40-27)11-38-26(37)14-8-18(31)22(33)19(32)9-14/h1-10,21,23-25,27-36H,11H2/b2-1+/t21-,23-,24+,25-,27-/m1/s1. The van der Waals surface area contributed by atoms with Crippen LogP contribution < -0.4 is 4.74 Å². The lowest BCUT2D eigenvalue weighted by atomic mass is 9.99. The number of benzene rings is 3. The lowest BCUT2D eigenvalue weighted by Gasteiger charge is -2.39. The van der Waals surface area contributed by atoms with E-state index in [0.29, 0.717) is 11.1 Å². The summed E-state index contributed by atoms with van der Waals surface area (Å²) in [4.78, 5) is 12.3. The van der Waals surface area contributed by atoms with Crippen LogP contribution in [0.1, 0.15) is 21.5 Å². The van der Waals surface area contributed by atoms with Crippen LogP contribution in [0.5, 0.6) is 40.2 Å². The Morgan fingerprint density at radius 2 is 1.38 bits per heavy atom. The van der Waals surface area contributed by atoms with Crippen molar-refractivity contribution in [1.82, 2.24) is 0 Å². The molecule has 13 nitrogen and oxygen atoms in total. The summed E-state index contributed by atoms with van der Waals surface area (Å²) in [6.45, 7) is -0.646. The van der Waals surface area contributed by atoms with Crippen LogP contribution >= 0.6 is 0 Å². The van der Waals surface area contributed by atoms with Gasteiger partial charge in [0.25, 0.3) is 0 Å². The molecule has 0 bridgehead atoms. The van der Waals surface area contributed by atoms with Crippen molar-refractivity contribution in [2.75, 3.05) is 6.61 Å². The summed E-state index contributed by atoms with van der Waals surface area (Å²) in [5.41, 5.74) is 0.671. The summed E-state index contributed by atoms with van der Waals surface area (Å²) in [7, 11) is 0. The maximum Gasteiger partial charge on any atom is 0.338 e. The highest BCUT2D eigenvalue weighted by atomic mass is 16.7. The number of hydrogen-bond donors (Lipinski definition) is 9. The van der Waals surface area contributed by atoms with Crippen molar-refractivity contribution >= 4 is 18.1 Å². The first kappa shape index (κ1) is 28.3. The Hall–Kier alpha value is -4.69. The lowest BCUT2D eigenvalue weighted by molar-refractivity contribution is -0.277. The Kier molecular flexibility index (Phi) is 8.21. The Labute approximate surface area is 226 Å². The lowest BCUT2D eigenvalue weighted by Crippen LogP contribution is -2.60. The molecule has 0 spiro atoms. The number of hydrogen-bond acceptors (Lipinski definition) is 13. The zero-order valence-electron chi connectivity index (χ0n) is 20.5. The highest BCUT2D eigenvalue weighted by molar-refractivity contribution is 5.91. The number of carbonyl (C=O) groups is 1. The Bertz CT molecular complexity index is 1380. The molecule has 0 aliphatic carbocycles. The predicted molar refractivity (Wildman–Crippen MR) is 136 cm³/mol. The first-order valence-electron chi connectivity index (χ1n) is 11.8. The van der Waals surface area contributed by atoms with Crippen LogP contribution in [0.15, 0.2) is 48.5 Å². The molecule has 0 saturated carbocycles. The van der Waals surface area contributed by atoms with Gasteiger partial charge in [0.05, 0.1) is 5.56 Å². The molecule has 3 aromatic rings. The Balaban J connectivity index is 1.42. The summed E-state index contributed by atoms with van der Waals surface area (Å²) in [6.07, 6.45) is -5.09. The molecule has 1 fully saturated rings. The second-order valence-electron chi connectivity index (χ2n) is 8.94. The Morgan fingerprint density at radius 1 is 0.750 bits per heavy atom. The molecule has 1 aliphatic heterocycles. The molecular weight excluding hydrogens is 532 g/mol. The fraction of sp³-hybridized carbons (Fsp3) is 0.222. The molecular formula is C27H26O13. The van der Waals surface area contributed by atoms with E-state index < -0.39 is 60.5 Å². The van der Waals surface area contributed by atoms with Crippen molar-refractivity contribution in [3.63, 3.8) is 0 Å². The molecule has 0 amide bonds.